The van der Waals surface area contributed by atoms with Crippen molar-refractivity contribution in [3.8, 4) is 0 Å². The van der Waals surface area contributed by atoms with Crippen LogP contribution in [-0.4, -0.2) is 12.9 Å². The normalized spacial score (nSPS) is 33.6. The zero-order chi connectivity index (χ0) is 7.78. The van der Waals surface area contributed by atoms with Crippen molar-refractivity contribution in [2.45, 2.75) is 19.0 Å². The van der Waals surface area contributed by atoms with Crippen LogP contribution >= 0.6 is 0 Å². The molecule has 0 radical (unpaired) electrons. The molecule has 0 saturated heterocycles. The second kappa shape index (κ2) is 2.40. The second-order valence-electron chi connectivity index (χ2n) is 2.73. The maximum Gasteiger partial charge on any atom is 0.391 e. The highest BCUT2D eigenvalue weighted by Gasteiger charge is 2.47. The van der Waals surface area contributed by atoms with Gasteiger partial charge in [0.2, 0.25) is 0 Å². The average molecular weight is 156 g/mol. The van der Waals surface area contributed by atoms with Gasteiger partial charge in [-0.15, -0.1) is 0 Å². The number of hydrogen-bond donors (Lipinski definition) is 0. The van der Waals surface area contributed by atoms with E-state index >= 15 is 0 Å². The Morgan fingerprint density at radius 1 is 1.20 bits per heavy atom. The van der Waals surface area contributed by atoms with E-state index in [0.717, 1.165) is 0 Å². The molecular formula is C6H8F4. The summed E-state index contributed by atoms with van der Waals surface area (Å²) in [4.78, 5) is 0. The van der Waals surface area contributed by atoms with E-state index in [1.54, 1.807) is 0 Å². The minimum atomic E-state index is -4.09. The average Bonchev–Trinajstić information content (AvgIpc) is 1.57. The molecule has 0 aliphatic heterocycles. The zero-order valence-electron chi connectivity index (χ0n) is 5.29. The van der Waals surface area contributed by atoms with E-state index in [1.807, 2.05) is 0 Å². The highest BCUT2D eigenvalue weighted by Crippen LogP contribution is 2.44. The van der Waals surface area contributed by atoms with Crippen molar-refractivity contribution < 1.29 is 17.6 Å². The van der Waals surface area contributed by atoms with E-state index in [0.29, 0.717) is 0 Å². The van der Waals surface area contributed by atoms with E-state index in [2.05, 4.69) is 0 Å². The molecule has 0 bridgehead atoms. The summed E-state index contributed by atoms with van der Waals surface area (Å²) in [6.07, 6.45) is -4.12. The van der Waals surface area contributed by atoms with Gasteiger partial charge in [0.15, 0.2) is 0 Å². The lowest BCUT2D eigenvalue weighted by Gasteiger charge is -2.34. The predicted octanol–water partition coefficient (Wildman–Crippen LogP) is 2.54. The van der Waals surface area contributed by atoms with Crippen LogP contribution in [0.1, 0.15) is 12.8 Å². The number of halogens is 4. The Hall–Kier alpha value is -0.280. The van der Waals surface area contributed by atoms with Gasteiger partial charge in [-0.1, -0.05) is 0 Å². The topological polar surface area (TPSA) is 0 Å². The molecule has 1 fully saturated rings. The summed E-state index contributed by atoms with van der Waals surface area (Å²) in [6, 6.07) is 0. The molecule has 10 heavy (non-hydrogen) atoms. The molecule has 4 heteroatoms. The molecule has 0 aromatic carbocycles. The molecule has 0 aromatic rings. The Labute approximate surface area is 56.2 Å². The third-order valence-corrected chi connectivity index (χ3v) is 1.92. The van der Waals surface area contributed by atoms with Gasteiger partial charge >= 0.3 is 6.18 Å². The van der Waals surface area contributed by atoms with Crippen LogP contribution in [0.2, 0.25) is 0 Å². The summed E-state index contributed by atoms with van der Waals surface area (Å²) in [5.41, 5.74) is 0. The van der Waals surface area contributed by atoms with Gasteiger partial charge < -0.3 is 0 Å². The lowest BCUT2D eigenvalue weighted by Crippen LogP contribution is -2.36. The summed E-state index contributed by atoms with van der Waals surface area (Å²) >= 11 is 0. The van der Waals surface area contributed by atoms with Crippen LogP contribution in [0, 0.1) is 11.8 Å². The minimum absolute atomic E-state index is 0.0139. The molecule has 1 saturated carbocycles. The maximum atomic E-state index is 11.7. The predicted molar refractivity (Wildman–Crippen MR) is 28.2 cm³/mol. The van der Waals surface area contributed by atoms with Crippen molar-refractivity contribution in [3.05, 3.63) is 0 Å². The Bertz CT molecular complexity index is 111. The maximum absolute atomic E-state index is 11.7. The molecule has 1 rings (SSSR count). The van der Waals surface area contributed by atoms with Gasteiger partial charge in [-0.05, 0) is 18.8 Å². The fourth-order valence-electron chi connectivity index (χ4n) is 1.13. The van der Waals surface area contributed by atoms with Crippen molar-refractivity contribution in [2.24, 2.45) is 11.8 Å². The molecule has 1 aliphatic carbocycles. The summed E-state index contributed by atoms with van der Waals surface area (Å²) in [5.74, 6) is -1.56. The minimum Gasteiger partial charge on any atom is -0.251 e. The van der Waals surface area contributed by atoms with Crippen LogP contribution in [0.15, 0.2) is 0 Å². The van der Waals surface area contributed by atoms with Crippen molar-refractivity contribution >= 4 is 0 Å². The van der Waals surface area contributed by atoms with Gasteiger partial charge in [0.1, 0.15) is 0 Å². The molecule has 0 spiro atoms. The molecule has 1 aliphatic rings. The van der Waals surface area contributed by atoms with Gasteiger partial charge in [0.05, 0.1) is 12.6 Å². The first kappa shape index (κ1) is 7.82. The van der Waals surface area contributed by atoms with Crippen LogP contribution in [-0.2, 0) is 0 Å². The Morgan fingerprint density at radius 2 is 1.70 bits per heavy atom. The van der Waals surface area contributed by atoms with Crippen LogP contribution < -0.4 is 0 Å². The molecule has 0 amide bonds. The number of hydrogen-bond acceptors (Lipinski definition) is 0. The summed E-state index contributed by atoms with van der Waals surface area (Å²) in [7, 11) is 0. The van der Waals surface area contributed by atoms with Gasteiger partial charge in [-0.2, -0.15) is 13.2 Å². The first-order valence-corrected chi connectivity index (χ1v) is 3.16. The highest BCUT2D eigenvalue weighted by atomic mass is 19.4. The largest absolute Gasteiger partial charge is 0.391 e. The van der Waals surface area contributed by atoms with Gasteiger partial charge in [0.25, 0.3) is 0 Å². The van der Waals surface area contributed by atoms with E-state index in [4.69, 9.17) is 0 Å². The summed E-state index contributed by atoms with van der Waals surface area (Å²) in [6.45, 7) is -0.605. The lowest BCUT2D eigenvalue weighted by atomic mass is 9.75. The van der Waals surface area contributed by atoms with Gasteiger partial charge in [-0.3, -0.25) is 4.39 Å². The van der Waals surface area contributed by atoms with Crippen molar-refractivity contribution in [3.63, 3.8) is 0 Å². The quantitative estimate of drug-likeness (QED) is 0.512. The molecule has 0 heterocycles. The molecule has 0 N–H and O–H groups in total. The van der Waals surface area contributed by atoms with Crippen molar-refractivity contribution in [1.29, 1.82) is 0 Å². The molecule has 60 valence electrons. The van der Waals surface area contributed by atoms with Crippen LogP contribution in [0.3, 0.4) is 0 Å². The Kier molecular flexibility index (Phi) is 1.88. The number of rotatable bonds is 1. The molecule has 0 unspecified atom stereocenters. The fourth-order valence-corrected chi connectivity index (χ4v) is 1.13. The van der Waals surface area contributed by atoms with E-state index in [-0.39, 0.29) is 18.8 Å². The molecule has 0 aromatic heterocycles. The standard InChI is InChI=1S/C6H8F4/c7-3-4-1-5(2-4)6(8,9)10/h4-5H,1-3H2. The smallest absolute Gasteiger partial charge is 0.251 e. The summed E-state index contributed by atoms with van der Waals surface area (Å²) in [5, 5.41) is 0. The van der Waals surface area contributed by atoms with Gasteiger partial charge in [0, 0.05) is 0 Å². The second-order valence-corrected chi connectivity index (χ2v) is 2.73. The first-order chi connectivity index (χ1) is 4.54. The van der Waals surface area contributed by atoms with E-state index < -0.39 is 18.8 Å². The first-order valence-electron chi connectivity index (χ1n) is 3.16. The number of alkyl halides is 4. The third-order valence-electron chi connectivity index (χ3n) is 1.92. The van der Waals surface area contributed by atoms with Crippen LogP contribution in [0.25, 0.3) is 0 Å². The van der Waals surface area contributed by atoms with Gasteiger partial charge in [-0.25, -0.2) is 0 Å². The van der Waals surface area contributed by atoms with E-state index in [1.165, 1.54) is 0 Å². The lowest BCUT2D eigenvalue weighted by molar-refractivity contribution is -0.205. The fraction of sp³-hybridized carbons (Fsp3) is 1.00. The molecular weight excluding hydrogens is 148 g/mol. The highest BCUT2D eigenvalue weighted by molar-refractivity contribution is 4.83. The van der Waals surface area contributed by atoms with Crippen LogP contribution in [0.5, 0.6) is 0 Å². The summed E-state index contributed by atoms with van der Waals surface area (Å²) < 4.78 is 46.7. The Balaban J connectivity index is 2.26. The van der Waals surface area contributed by atoms with E-state index in [9.17, 15) is 17.6 Å². The SMILES string of the molecule is FCC1CC(C(F)(F)F)C1. The van der Waals surface area contributed by atoms with Crippen molar-refractivity contribution in [2.75, 3.05) is 6.67 Å². The monoisotopic (exact) mass is 156 g/mol. The Morgan fingerprint density at radius 3 is 2.00 bits per heavy atom. The van der Waals surface area contributed by atoms with Crippen molar-refractivity contribution in [1.82, 2.24) is 0 Å². The third kappa shape index (κ3) is 1.41. The molecule has 0 atom stereocenters. The van der Waals surface area contributed by atoms with Crippen LogP contribution in [0.4, 0.5) is 17.6 Å². The zero-order valence-corrected chi connectivity index (χ0v) is 5.29. The molecule has 0 nitrogen and oxygen atoms in total.